The highest BCUT2D eigenvalue weighted by Crippen LogP contribution is 2.35. The van der Waals surface area contributed by atoms with Crippen LogP contribution >= 0.6 is 11.3 Å². The molecule has 1 atom stereocenters. The smallest absolute Gasteiger partial charge is 0.261 e. The van der Waals surface area contributed by atoms with Gasteiger partial charge in [0, 0.05) is 16.8 Å². The molecule has 0 bridgehead atoms. The summed E-state index contributed by atoms with van der Waals surface area (Å²) >= 11 is 1.25. The summed E-state index contributed by atoms with van der Waals surface area (Å²) in [7, 11) is 2.99. The fraction of sp³-hybridized carbons (Fsp3) is 0.310. The highest BCUT2D eigenvalue weighted by atomic mass is 32.1. The first-order valence-electron chi connectivity index (χ1n) is 12.2. The average Bonchev–Trinajstić information content (AvgIpc) is 3.44. The van der Waals surface area contributed by atoms with Gasteiger partial charge in [0.25, 0.3) is 5.91 Å². The summed E-state index contributed by atoms with van der Waals surface area (Å²) in [4.78, 5) is 53.9. The molecule has 0 radical (unpaired) electrons. The number of hydrogen-bond donors (Lipinski definition) is 2. The number of ketones is 1. The highest BCUT2D eigenvalue weighted by Gasteiger charge is 2.35. The van der Waals surface area contributed by atoms with Gasteiger partial charge in [-0.3, -0.25) is 24.1 Å². The van der Waals surface area contributed by atoms with E-state index < -0.39 is 29.3 Å². The third-order valence-electron chi connectivity index (χ3n) is 5.69. The van der Waals surface area contributed by atoms with Crippen LogP contribution in [-0.2, 0) is 9.59 Å². The molecule has 0 saturated heterocycles. The van der Waals surface area contributed by atoms with Crippen molar-refractivity contribution >= 4 is 40.5 Å². The van der Waals surface area contributed by atoms with Crippen LogP contribution in [-0.4, -0.2) is 49.8 Å². The molecular formula is C29H33N3O6S. The van der Waals surface area contributed by atoms with Crippen LogP contribution in [0.3, 0.4) is 0 Å². The molecule has 0 unspecified atom stereocenters. The van der Waals surface area contributed by atoms with Crippen LogP contribution in [0.4, 0.5) is 5.69 Å². The van der Waals surface area contributed by atoms with Gasteiger partial charge in [-0.1, -0.05) is 12.1 Å². The van der Waals surface area contributed by atoms with Crippen molar-refractivity contribution in [3.8, 4) is 11.5 Å². The molecule has 0 spiro atoms. The van der Waals surface area contributed by atoms with Crippen molar-refractivity contribution in [2.75, 3.05) is 25.7 Å². The molecule has 0 aliphatic rings. The minimum atomic E-state index is -1.14. The largest absolute Gasteiger partial charge is 0.493 e. The first kappa shape index (κ1) is 29.4. The maximum atomic E-state index is 13.8. The number of carbonyl (C=O) groups excluding carboxylic acids is 4. The number of benzene rings is 2. The Hall–Kier alpha value is -4.18. The maximum Gasteiger partial charge on any atom is 0.261 e. The molecule has 206 valence electrons. The number of nitrogens with one attached hydrogen (secondary N) is 2. The van der Waals surface area contributed by atoms with Crippen molar-refractivity contribution in [3.05, 3.63) is 76.0 Å². The Morgan fingerprint density at radius 3 is 2.15 bits per heavy atom. The highest BCUT2D eigenvalue weighted by molar-refractivity contribution is 7.12. The second-order valence-corrected chi connectivity index (χ2v) is 10.7. The molecule has 39 heavy (non-hydrogen) atoms. The minimum Gasteiger partial charge on any atom is -0.493 e. The Bertz CT molecular complexity index is 1330. The molecule has 9 nitrogen and oxygen atoms in total. The van der Waals surface area contributed by atoms with Gasteiger partial charge in [0.15, 0.2) is 17.3 Å². The van der Waals surface area contributed by atoms with Gasteiger partial charge < -0.3 is 20.1 Å². The summed E-state index contributed by atoms with van der Waals surface area (Å²) in [5.41, 5.74) is 0.688. The van der Waals surface area contributed by atoms with Gasteiger partial charge in [0.05, 0.1) is 25.6 Å². The first-order chi connectivity index (χ1) is 18.4. The predicted molar refractivity (Wildman–Crippen MR) is 151 cm³/mol. The van der Waals surface area contributed by atoms with E-state index in [-0.39, 0.29) is 12.3 Å². The normalized spacial score (nSPS) is 11.7. The summed E-state index contributed by atoms with van der Waals surface area (Å²) < 4.78 is 10.8. The summed E-state index contributed by atoms with van der Waals surface area (Å²) in [6.07, 6.45) is 0. The number of anilines is 1. The molecule has 3 rings (SSSR count). The Morgan fingerprint density at radius 1 is 0.949 bits per heavy atom. The SMILES string of the molecule is COc1ccc([C@@H](C(=O)NC(C)(C)C)N(C(=O)CNC(=O)c2cccs2)c2ccc(C(C)=O)cc2)cc1OC. The Morgan fingerprint density at radius 2 is 1.62 bits per heavy atom. The third kappa shape index (κ3) is 7.44. The second kappa shape index (κ2) is 12.6. The van der Waals surface area contributed by atoms with Gasteiger partial charge in [-0.15, -0.1) is 11.3 Å². The molecule has 0 aliphatic carbocycles. The fourth-order valence-electron chi connectivity index (χ4n) is 3.91. The van der Waals surface area contributed by atoms with Gasteiger partial charge in [-0.2, -0.15) is 0 Å². The minimum absolute atomic E-state index is 0.135. The molecule has 0 saturated carbocycles. The Labute approximate surface area is 232 Å². The number of methoxy groups -OCH3 is 2. The summed E-state index contributed by atoms with van der Waals surface area (Å²) in [5.74, 6) is -0.656. The van der Waals surface area contributed by atoms with Gasteiger partial charge >= 0.3 is 0 Å². The van der Waals surface area contributed by atoms with Crippen molar-refractivity contribution in [2.45, 2.75) is 39.3 Å². The van der Waals surface area contributed by atoms with Crippen molar-refractivity contribution in [1.82, 2.24) is 10.6 Å². The van der Waals surface area contributed by atoms with Crippen LogP contribution in [0, 0.1) is 0 Å². The van der Waals surface area contributed by atoms with E-state index in [1.807, 2.05) is 20.8 Å². The lowest BCUT2D eigenvalue weighted by molar-refractivity contribution is -0.127. The summed E-state index contributed by atoms with van der Waals surface area (Å²) in [6, 6.07) is 13.6. The van der Waals surface area contributed by atoms with Crippen LogP contribution in [0.15, 0.2) is 60.0 Å². The van der Waals surface area contributed by atoms with Gasteiger partial charge in [-0.25, -0.2) is 0 Å². The van der Waals surface area contributed by atoms with Gasteiger partial charge in [-0.05, 0) is 81.1 Å². The second-order valence-electron chi connectivity index (χ2n) is 9.78. The molecule has 1 aromatic heterocycles. The van der Waals surface area contributed by atoms with Crippen LogP contribution < -0.4 is 25.0 Å². The van der Waals surface area contributed by atoms with E-state index in [1.165, 1.54) is 37.4 Å². The lowest BCUT2D eigenvalue weighted by atomic mass is 9.99. The molecule has 3 amide bonds. The van der Waals surface area contributed by atoms with Crippen LogP contribution in [0.25, 0.3) is 0 Å². The molecule has 2 N–H and O–H groups in total. The molecule has 10 heteroatoms. The Balaban J connectivity index is 2.11. The van der Waals surface area contributed by atoms with Crippen LogP contribution in [0.5, 0.6) is 11.5 Å². The monoisotopic (exact) mass is 551 g/mol. The lowest BCUT2D eigenvalue weighted by Crippen LogP contribution is -2.51. The van der Waals surface area contributed by atoms with Crippen molar-refractivity contribution in [1.29, 1.82) is 0 Å². The summed E-state index contributed by atoms with van der Waals surface area (Å²) in [6.45, 7) is 6.60. The molecule has 1 heterocycles. The summed E-state index contributed by atoms with van der Waals surface area (Å²) in [5, 5.41) is 7.38. The number of rotatable bonds is 10. The zero-order chi connectivity index (χ0) is 28.7. The molecule has 0 fully saturated rings. The predicted octanol–water partition coefficient (Wildman–Crippen LogP) is 4.39. The molecule has 2 aromatic carbocycles. The number of thiophene rings is 1. The quantitative estimate of drug-likeness (QED) is 0.362. The zero-order valence-electron chi connectivity index (χ0n) is 22.9. The Kier molecular flexibility index (Phi) is 9.47. The van der Waals surface area contributed by atoms with Crippen molar-refractivity contribution < 1.29 is 28.7 Å². The van der Waals surface area contributed by atoms with E-state index in [4.69, 9.17) is 9.47 Å². The number of nitrogens with zero attached hydrogens (tertiary/aromatic N) is 1. The van der Waals surface area contributed by atoms with E-state index in [0.717, 1.165) is 0 Å². The van der Waals surface area contributed by atoms with E-state index in [1.54, 1.807) is 60.0 Å². The number of ether oxygens (including phenoxy) is 2. The van der Waals surface area contributed by atoms with Gasteiger partial charge in [0.2, 0.25) is 11.8 Å². The van der Waals surface area contributed by atoms with E-state index in [9.17, 15) is 19.2 Å². The topological polar surface area (TPSA) is 114 Å². The van der Waals surface area contributed by atoms with Gasteiger partial charge in [0.1, 0.15) is 6.04 Å². The van der Waals surface area contributed by atoms with Crippen molar-refractivity contribution in [2.24, 2.45) is 0 Å². The molecule has 0 aliphatic heterocycles. The zero-order valence-corrected chi connectivity index (χ0v) is 23.7. The maximum absolute atomic E-state index is 13.8. The van der Waals surface area contributed by atoms with E-state index in [0.29, 0.717) is 33.2 Å². The fourth-order valence-corrected chi connectivity index (χ4v) is 4.55. The van der Waals surface area contributed by atoms with Crippen molar-refractivity contribution in [3.63, 3.8) is 0 Å². The standard InChI is InChI=1S/C29H33N3O6S/c1-18(33)19-9-12-21(13-10-19)32(25(34)17-30-27(35)24-8-7-15-39-24)26(28(36)31-29(2,3)4)20-11-14-22(37-5)23(16-20)38-6/h7-16,26H,17H2,1-6H3,(H,30,35)(H,31,36)/t26-/m0/s1. The number of hydrogen-bond acceptors (Lipinski definition) is 7. The third-order valence-corrected chi connectivity index (χ3v) is 6.56. The van der Waals surface area contributed by atoms with E-state index >= 15 is 0 Å². The number of Topliss-reactive ketones (excluding diaryl/α,β-unsaturated/α-hetero) is 1. The van der Waals surface area contributed by atoms with E-state index in [2.05, 4.69) is 10.6 Å². The van der Waals surface area contributed by atoms with Crippen LogP contribution in [0.1, 0.15) is 59.3 Å². The number of amides is 3. The molecular weight excluding hydrogens is 518 g/mol. The van der Waals surface area contributed by atoms with Crippen LogP contribution in [0.2, 0.25) is 0 Å². The number of carbonyl (C=O) groups is 4. The molecule has 3 aromatic rings. The lowest BCUT2D eigenvalue weighted by Gasteiger charge is -2.34. The first-order valence-corrected chi connectivity index (χ1v) is 13.1. The average molecular weight is 552 g/mol.